The molecular formula is C17H22N2. The second-order valence-electron chi connectivity index (χ2n) is 4.72. The van der Waals surface area contributed by atoms with Gasteiger partial charge in [0.2, 0.25) is 0 Å². The Kier molecular flexibility index (Phi) is 4.69. The zero-order valence-electron chi connectivity index (χ0n) is 12.0. The highest BCUT2D eigenvalue weighted by Gasteiger charge is 2.16. The largest absolute Gasteiger partial charge is 0.308 e. The second kappa shape index (κ2) is 6.48. The number of nitrogens with zero attached hydrogens (tertiary/aromatic N) is 1. The number of benzene rings is 1. The van der Waals surface area contributed by atoms with Gasteiger partial charge in [-0.25, -0.2) is 0 Å². The first kappa shape index (κ1) is 13.8. The van der Waals surface area contributed by atoms with Crippen LogP contribution in [0.25, 0.3) is 0 Å². The smallest absolute Gasteiger partial charge is 0.0751 e. The SMILES string of the molecule is CCc1ccc(C(NC)c2ncccc2CC)cc1. The molecule has 0 aliphatic carbocycles. The maximum Gasteiger partial charge on any atom is 0.0751 e. The van der Waals surface area contributed by atoms with Crippen LogP contribution in [0.2, 0.25) is 0 Å². The summed E-state index contributed by atoms with van der Waals surface area (Å²) in [5, 5.41) is 3.38. The molecule has 2 rings (SSSR count). The van der Waals surface area contributed by atoms with Gasteiger partial charge in [0.1, 0.15) is 0 Å². The fourth-order valence-electron chi connectivity index (χ4n) is 2.42. The molecule has 0 amide bonds. The topological polar surface area (TPSA) is 24.9 Å². The first-order valence-corrected chi connectivity index (χ1v) is 7.00. The summed E-state index contributed by atoms with van der Waals surface area (Å²) in [6.45, 7) is 4.35. The van der Waals surface area contributed by atoms with Gasteiger partial charge in [0.05, 0.1) is 11.7 Å². The van der Waals surface area contributed by atoms with E-state index < -0.39 is 0 Å². The average Bonchev–Trinajstić information content (AvgIpc) is 2.49. The third-order valence-corrected chi connectivity index (χ3v) is 3.59. The lowest BCUT2D eigenvalue weighted by Gasteiger charge is -2.19. The number of nitrogens with one attached hydrogen (secondary N) is 1. The van der Waals surface area contributed by atoms with E-state index >= 15 is 0 Å². The van der Waals surface area contributed by atoms with Gasteiger partial charge >= 0.3 is 0 Å². The van der Waals surface area contributed by atoms with Gasteiger partial charge in [-0.3, -0.25) is 4.98 Å². The summed E-state index contributed by atoms with van der Waals surface area (Å²) < 4.78 is 0. The van der Waals surface area contributed by atoms with Crippen molar-refractivity contribution in [1.82, 2.24) is 10.3 Å². The first-order valence-electron chi connectivity index (χ1n) is 7.00. The molecule has 2 aromatic rings. The van der Waals surface area contributed by atoms with Crippen LogP contribution in [-0.2, 0) is 12.8 Å². The Labute approximate surface area is 115 Å². The molecule has 0 saturated carbocycles. The standard InChI is InChI=1S/C17H22N2/c1-4-13-8-10-15(11-9-13)16(18-3)17-14(5-2)7-6-12-19-17/h6-12,16,18H,4-5H2,1-3H3. The van der Waals surface area contributed by atoms with Crippen molar-refractivity contribution in [2.75, 3.05) is 7.05 Å². The Bertz CT molecular complexity index is 517. The van der Waals surface area contributed by atoms with Crippen molar-refractivity contribution in [2.24, 2.45) is 0 Å². The summed E-state index contributed by atoms with van der Waals surface area (Å²) in [5.74, 6) is 0. The molecule has 0 spiro atoms. The van der Waals surface area contributed by atoms with E-state index in [9.17, 15) is 0 Å². The molecule has 1 unspecified atom stereocenters. The molecule has 0 radical (unpaired) electrons. The van der Waals surface area contributed by atoms with E-state index in [1.807, 2.05) is 19.3 Å². The summed E-state index contributed by atoms with van der Waals surface area (Å²) >= 11 is 0. The molecular weight excluding hydrogens is 232 g/mol. The lowest BCUT2D eigenvalue weighted by Crippen LogP contribution is -2.20. The van der Waals surface area contributed by atoms with Crippen molar-refractivity contribution in [2.45, 2.75) is 32.7 Å². The van der Waals surface area contributed by atoms with Gasteiger partial charge in [-0.2, -0.15) is 0 Å². The Morgan fingerprint density at radius 2 is 1.79 bits per heavy atom. The van der Waals surface area contributed by atoms with Crippen LogP contribution in [0.4, 0.5) is 0 Å². The number of hydrogen-bond acceptors (Lipinski definition) is 2. The third-order valence-electron chi connectivity index (χ3n) is 3.59. The molecule has 1 aromatic heterocycles. The molecule has 0 aliphatic rings. The van der Waals surface area contributed by atoms with Crippen LogP contribution in [0.5, 0.6) is 0 Å². The second-order valence-corrected chi connectivity index (χ2v) is 4.72. The molecule has 2 heteroatoms. The van der Waals surface area contributed by atoms with Crippen molar-refractivity contribution in [1.29, 1.82) is 0 Å². The van der Waals surface area contributed by atoms with Crippen LogP contribution in [0, 0.1) is 0 Å². The summed E-state index contributed by atoms with van der Waals surface area (Å²) in [6, 6.07) is 13.1. The quantitative estimate of drug-likeness (QED) is 0.883. The molecule has 2 nitrogen and oxygen atoms in total. The van der Waals surface area contributed by atoms with Gasteiger partial charge in [0.15, 0.2) is 0 Å². The van der Waals surface area contributed by atoms with E-state index in [-0.39, 0.29) is 6.04 Å². The molecule has 1 aromatic carbocycles. The molecule has 0 fully saturated rings. The first-order chi connectivity index (χ1) is 9.30. The lowest BCUT2D eigenvalue weighted by molar-refractivity contribution is 0.662. The summed E-state index contributed by atoms with van der Waals surface area (Å²) in [7, 11) is 1.99. The number of pyridine rings is 1. The van der Waals surface area contributed by atoms with E-state index in [1.54, 1.807) is 0 Å². The van der Waals surface area contributed by atoms with E-state index in [1.165, 1.54) is 16.7 Å². The number of rotatable bonds is 5. The minimum absolute atomic E-state index is 0.169. The van der Waals surface area contributed by atoms with Gasteiger partial charge in [-0.05, 0) is 42.6 Å². The fraction of sp³-hybridized carbons (Fsp3) is 0.353. The van der Waals surface area contributed by atoms with Crippen LogP contribution < -0.4 is 5.32 Å². The van der Waals surface area contributed by atoms with Gasteiger partial charge < -0.3 is 5.32 Å². The molecule has 1 N–H and O–H groups in total. The summed E-state index contributed by atoms with van der Waals surface area (Å²) in [6.07, 6.45) is 3.96. The predicted octanol–water partition coefficient (Wildman–Crippen LogP) is 3.52. The highest BCUT2D eigenvalue weighted by Crippen LogP contribution is 2.23. The fourth-order valence-corrected chi connectivity index (χ4v) is 2.42. The molecule has 100 valence electrons. The Hall–Kier alpha value is -1.67. The summed E-state index contributed by atoms with van der Waals surface area (Å²) in [5.41, 5.74) is 5.08. The van der Waals surface area contributed by atoms with Gasteiger partial charge in [-0.15, -0.1) is 0 Å². The molecule has 0 bridgehead atoms. The van der Waals surface area contributed by atoms with Crippen molar-refractivity contribution in [3.8, 4) is 0 Å². The molecule has 19 heavy (non-hydrogen) atoms. The maximum atomic E-state index is 4.58. The normalized spacial score (nSPS) is 12.4. The van der Waals surface area contributed by atoms with Gasteiger partial charge in [-0.1, -0.05) is 44.2 Å². The van der Waals surface area contributed by atoms with E-state index in [0.29, 0.717) is 0 Å². The van der Waals surface area contributed by atoms with Crippen molar-refractivity contribution in [3.63, 3.8) is 0 Å². The highest BCUT2D eigenvalue weighted by molar-refractivity contribution is 5.34. The van der Waals surface area contributed by atoms with E-state index in [0.717, 1.165) is 18.5 Å². The van der Waals surface area contributed by atoms with Crippen LogP contribution in [0.3, 0.4) is 0 Å². The third kappa shape index (κ3) is 3.02. The molecule has 0 aliphatic heterocycles. The van der Waals surface area contributed by atoms with Gasteiger partial charge in [0, 0.05) is 6.20 Å². The summed E-state index contributed by atoms with van der Waals surface area (Å²) in [4.78, 5) is 4.58. The van der Waals surface area contributed by atoms with E-state index in [2.05, 4.69) is 54.5 Å². The Balaban J connectivity index is 2.37. The minimum Gasteiger partial charge on any atom is -0.308 e. The van der Waals surface area contributed by atoms with E-state index in [4.69, 9.17) is 0 Å². The van der Waals surface area contributed by atoms with Crippen LogP contribution in [-0.4, -0.2) is 12.0 Å². The van der Waals surface area contributed by atoms with Crippen molar-refractivity contribution in [3.05, 3.63) is 65.0 Å². The molecule has 1 atom stereocenters. The van der Waals surface area contributed by atoms with Crippen molar-refractivity contribution < 1.29 is 0 Å². The Morgan fingerprint density at radius 3 is 2.37 bits per heavy atom. The van der Waals surface area contributed by atoms with Crippen LogP contribution in [0.15, 0.2) is 42.6 Å². The highest BCUT2D eigenvalue weighted by atomic mass is 14.9. The lowest BCUT2D eigenvalue weighted by atomic mass is 9.97. The Morgan fingerprint density at radius 1 is 1.05 bits per heavy atom. The molecule has 1 heterocycles. The average molecular weight is 254 g/mol. The number of aromatic nitrogens is 1. The number of hydrogen-bond donors (Lipinski definition) is 1. The van der Waals surface area contributed by atoms with Crippen LogP contribution in [0.1, 0.15) is 42.3 Å². The minimum atomic E-state index is 0.169. The van der Waals surface area contributed by atoms with Gasteiger partial charge in [0.25, 0.3) is 0 Å². The monoisotopic (exact) mass is 254 g/mol. The number of aryl methyl sites for hydroxylation is 2. The predicted molar refractivity (Wildman–Crippen MR) is 80.3 cm³/mol. The zero-order valence-corrected chi connectivity index (χ0v) is 12.0. The zero-order chi connectivity index (χ0) is 13.7. The van der Waals surface area contributed by atoms with Crippen LogP contribution >= 0.6 is 0 Å². The van der Waals surface area contributed by atoms with Crippen molar-refractivity contribution >= 4 is 0 Å². The maximum absolute atomic E-state index is 4.58. The molecule has 0 saturated heterocycles.